The molecule has 0 fully saturated rings. The van der Waals surface area contributed by atoms with Crippen LogP contribution in [0.3, 0.4) is 0 Å². The van der Waals surface area contributed by atoms with Gasteiger partial charge in [0.05, 0.1) is 10.3 Å². The zero-order valence-electron chi connectivity index (χ0n) is 10.7. The summed E-state index contributed by atoms with van der Waals surface area (Å²) in [6, 6.07) is 7.66. The molecule has 100 valence electrons. The first-order valence-corrected chi connectivity index (χ1v) is 7.40. The van der Waals surface area contributed by atoms with Gasteiger partial charge >= 0.3 is 0 Å². The van der Waals surface area contributed by atoms with E-state index < -0.39 is 0 Å². The zero-order valence-corrected chi connectivity index (χ0v) is 12.2. The van der Waals surface area contributed by atoms with Crippen molar-refractivity contribution in [2.45, 2.75) is 29.7 Å². The Bertz CT molecular complexity index is 521. The standard InChI is InChI=1S/C14H16ClN3S/c1-2-12(16)13(10-5-3-7-17-9-10)19-14-11(15)6-4-8-18-14/h3-9,12-13H,2,16H2,1H3. The zero-order chi connectivity index (χ0) is 13.7. The lowest BCUT2D eigenvalue weighted by molar-refractivity contribution is 0.632. The van der Waals surface area contributed by atoms with Gasteiger partial charge < -0.3 is 5.73 Å². The molecule has 2 N–H and O–H groups in total. The van der Waals surface area contributed by atoms with Crippen LogP contribution in [0, 0.1) is 0 Å². The molecule has 0 aromatic carbocycles. The maximum Gasteiger partial charge on any atom is 0.115 e. The van der Waals surface area contributed by atoms with Crippen LogP contribution in [-0.4, -0.2) is 16.0 Å². The largest absolute Gasteiger partial charge is 0.326 e. The van der Waals surface area contributed by atoms with E-state index >= 15 is 0 Å². The summed E-state index contributed by atoms with van der Waals surface area (Å²) in [5, 5.41) is 1.57. The average Bonchev–Trinajstić information content (AvgIpc) is 2.46. The number of rotatable bonds is 5. The first-order valence-electron chi connectivity index (χ1n) is 6.15. The van der Waals surface area contributed by atoms with Gasteiger partial charge in [0.2, 0.25) is 0 Å². The molecule has 2 unspecified atom stereocenters. The second-order valence-electron chi connectivity index (χ2n) is 4.19. The molecular weight excluding hydrogens is 278 g/mol. The molecule has 0 spiro atoms. The Morgan fingerprint density at radius 2 is 2.11 bits per heavy atom. The van der Waals surface area contributed by atoms with Crippen molar-refractivity contribution in [2.24, 2.45) is 5.73 Å². The predicted octanol–water partition coefficient (Wildman–Crippen LogP) is 3.70. The van der Waals surface area contributed by atoms with Gasteiger partial charge in [0.25, 0.3) is 0 Å². The van der Waals surface area contributed by atoms with Crippen LogP contribution in [0.4, 0.5) is 0 Å². The summed E-state index contributed by atoms with van der Waals surface area (Å²) in [6.07, 6.45) is 6.24. The molecule has 19 heavy (non-hydrogen) atoms. The normalized spacial score (nSPS) is 14.1. The Morgan fingerprint density at radius 1 is 1.32 bits per heavy atom. The molecule has 0 amide bonds. The first-order chi connectivity index (χ1) is 9.22. The Labute approximate surface area is 122 Å². The number of nitrogens with two attached hydrogens (primary N) is 1. The van der Waals surface area contributed by atoms with Crippen molar-refractivity contribution in [3.8, 4) is 0 Å². The lowest BCUT2D eigenvalue weighted by atomic mass is 10.1. The Balaban J connectivity index is 2.27. The molecule has 0 aliphatic heterocycles. The predicted molar refractivity (Wildman–Crippen MR) is 80.3 cm³/mol. The summed E-state index contributed by atoms with van der Waals surface area (Å²) in [4.78, 5) is 8.48. The van der Waals surface area contributed by atoms with Crippen LogP contribution in [0.25, 0.3) is 0 Å². The SMILES string of the molecule is CCC(N)C(Sc1ncccc1Cl)c1cccnc1. The molecule has 5 heteroatoms. The van der Waals surface area contributed by atoms with Gasteiger partial charge in [0.1, 0.15) is 5.03 Å². The van der Waals surface area contributed by atoms with Gasteiger partial charge in [0.15, 0.2) is 0 Å². The fourth-order valence-corrected chi connectivity index (χ4v) is 3.18. The molecule has 3 nitrogen and oxygen atoms in total. The van der Waals surface area contributed by atoms with E-state index in [-0.39, 0.29) is 11.3 Å². The van der Waals surface area contributed by atoms with Crippen LogP contribution in [-0.2, 0) is 0 Å². The number of halogens is 1. The minimum Gasteiger partial charge on any atom is -0.326 e. The minimum atomic E-state index is 0.0345. The summed E-state index contributed by atoms with van der Waals surface area (Å²) in [7, 11) is 0. The van der Waals surface area contributed by atoms with Crippen LogP contribution in [0.5, 0.6) is 0 Å². The Morgan fingerprint density at radius 3 is 2.74 bits per heavy atom. The molecule has 2 rings (SSSR count). The molecule has 0 saturated carbocycles. The van der Waals surface area contributed by atoms with Crippen LogP contribution in [0.1, 0.15) is 24.2 Å². The highest BCUT2D eigenvalue weighted by molar-refractivity contribution is 7.99. The summed E-state index contributed by atoms with van der Waals surface area (Å²) in [5.74, 6) is 0. The van der Waals surface area contributed by atoms with Crippen LogP contribution in [0.15, 0.2) is 47.9 Å². The quantitative estimate of drug-likeness (QED) is 0.854. The molecular formula is C14H16ClN3S. The average molecular weight is 294 g/mol. The van der Waals surface area contributed by atoms with Gasteiger partial charge in [-0.15, -0.1) is 0 Å². The summed E-state index contributed by atoms with van der Waals surface area (Å²) in [5.41, 5.74) is 7.33. The van der Waals surface area contributed by atoms with E-state index in [4.69, 9.17) is 17.3 Å². The monoisotopic (exact) mass is 293 g/mol. The third-order valence-corrected chi connectivity index (χ3v) is 4.68. The van der Waals surface area contributed by atoms with E-state index in [1.54, 1.807) is 24.2 Å². The fourth-order valence-electron chi connectivity index (χ4n) is 1.74. The van der Waals surface area contributed by atoms with Gasteiger partial charge in [-0.25, -0.2) is 4.98 Å². The lowest BCUT2D eigenvalue weighted by Crippen LogP contribution is -2.25. The van der Waals surface area contributed by atoms with E-state index in [9.17, 15) is 0 Å². The van der Waals surface area contributed by atoms with Crippen LogP contribution >= 0.6 is 23.4 Å². The number of thioether (sulfide) groups is 1. The molecule has 2 aromatic rings. The van der Waals surface area contributed by atoms with Gasteiger partial charge in [-0.2, -0.15) is 0 Å². The summed E-state index contributed by atoms with van der Waals surface area (Å²) >= 11 is 7.76. The smallest absolute Gasteiger partial charge is 0.115 e. The molecule has 0 saturated heterocycles. The van der Waals surface area contributed by atoms with Crippen molar-refractivity contribution < 1.29 is 0 Å². The van der Waals surface area contributed by atoms with Gasteiger partial charge in [-0.3, -0.25) is 4.98 Å². The van der Waals surface area contributed by atoms with Crippen molar-refractivity contribution in [3.05, 3.63) is 53.4 Å². The van der Waals surface area contributed by atoms with Crippen molar-refractivity contribution in [2.75, 3.05) is 0 Å². The van der Waals surface area contributed by atoms with E-state index in [2.05, 4.69) is 16.9 Å². The number of aromatic nitrogens is 2. The number of nitrogens with zero attached hydrogens (tertiary/aromatic N) is 2. The highest BCUT2D eigenvalue weighted by Crippen LogP contribution is 2.39. The molecule has 0 aliphatic carbocycles. The number of pyridine rings is 2. The summed E-state index contributed by atoms with van der Waals surface area (Å²) in [6.45, 7) is 2.08. The van der Waals surface area contributed by atoms with Crippen molar-refractivity contribution in [1.29, 1.82) is 0 Å². The highest BCUT2D eigenvalue weighted by atomic mass is 35.5. The van der Waals surface area contributed by atoms with Crippen molar-refractivity contribution in [1.82, 2.24) is 9.97 Å². The fraction of sp³-hybridized carbons (Fsp3) is 0.286. The van der Waals surface area contributed by atoms with Gasteiger partial charge in [-0.1, -0.05) is 36.4 Å². The number of hydrogen-bond acceptors (Lipinski definition) is 4. The first kappa shape index (κ1) is 14.3. The third kappa shape index (κ3) is 3.69. The molecule has 2 atom stereocenters. The molecule has 0 aliphatic rings. The maximum absolute atomic E-state index is 6.23. The van der Waals surface area contributed by atoms with E-state index in [0.29, 0.717) is 5.02 Å². The van der Waals surface area contributed by atoms with Crippen LogP contribution < -0.4 is 5.73 Å². The Kier molecular flexibility index (Phi) is 5.19. The second kappa shape index (κ2) is 6.89. The van der Waals surface area contributed by atoms with Gasteiger partial charge in [-0.05, 0) is 30.2 Å². The molecule has 0 radical (unpaired) electrons. The highest BCUT2D eigenvalue weighted by Gasteiger charge is 2.21. The van der Waals surface area contributed by atoms with E-state index in [0.717, 1.165) is 17.0 Å². The maximum atomic E-state index is 6.23. The van der Waals surface area contributed by atoms with Gasteiger partial charge in [0, 0.05) is 24.6 Å². The minimum absolute atomic E-state index is 0.0345. The topological polar surface area (TPSA) is 51.8 Å². The van der Waals surface area contributed by atoms with Crippen molar-refractivity contribution >= 4 is 23.4 Å². The lowest BCUT2D eigenvalue weighted by Gasteiger charge is -2.22. The molecule has 2 heterocycles. The van der Waals surface area contributed by atoms with Crippen LogP contribution in [0.2, 0.25) is 5.02 Å². The Hall–Kier alpha value is -1.10. The second-order valence-corrected chi connectivity index (χ2v) is 5.72. The third-order valence-electron chi connectivity index (χ3n) is 2.84. The van der Waals surface area contributed by atoms with Crippen molar-refractivity contribution in [3.63, 3.8) is 0 Å². The number of hydrogen-bond donors (Lipinski definition) is 1. The summed E-state index contributed by atoms with van der Waals surface area (Å²) < 4.78 is 0. The molecule has 0 bridgehead atoms. The van der Waals surface area contributed by atoms with E-state index in [1.807, 2.05) is 30.5 Å². The molecule has 2 aromatic heterocycles. The van der Waals surface area contributed by atoms with E-state index in [1.165, 1.54) is 0 Å².